The molecule has 0 heterocycles. The SMILES string of the molecule is Oc1ccc(COC[C@@H](OCc2ccc(F)cc2)[C@@H](O)[C@H](O)[C@@H](COCc2ccc(OCc3ccccc3)cc2)OCc2ccc(F)cc2)cc1. The maximum absolute atomic E-state index is 13.5. The maximum Gasteiger partial charge on any atom is 0.123 e. The van der Waals surface area contributed by atoms with E-state index in [0.717, 1.165) is 16.7 Å². The standard InChI is InChI=1S/C41H42F2O8/c42-34-14-6-32(7-15-34)25-50-38(27-47-22-30-10-18-36(44)19-11-30)40(45)41(46)39(51-26-33-8-16-35(43)17-9-33)28-48-23-31-12-20-37(21-13-31)49-24-29-4-2-1-3-5-29/h1-21,38-41,44-46H,22-28H2/t38-,39-,40-,41-/m1/s1. The van der Waals surface area contributed by atoms with Gasteiger partial charge in [0.25, 0.3) is 0 Å². The highest BCUT2D eigenvalue weighted by Gasteiger charge is 2.34. The van der Waals surface area contributed by atoms with Crippen molar-refractivity contribution in [3.8, 4) is 11.5 Å². The van der Waals surface area contributed by atoms with E-state index in [9.17, 15) is 24.1 Å². The predicted molar refractivity (Wildman–Crippen MR) is 187 cm³/mol. The third kappa shape index (κ3) is 12.6. The molecule has 5 aromatic rings. The fourth-order valence-electron chi connectivity index (χ4n) is 5.10. The highest BCUT2D eigenvalue weighted by atomic mass is 19.1. The number of phenols is 1. The highest BCUT2D eigenvalue weighted by Crippen LogP contribution is 2.19. The van der Waals surface area contributed by atoms with Crippen molar-refractivity contribution >= 4 is 0 Å². The highest BCUT2D eigenvalue weighted by molar-refractivity contribution is 5.28. The van der Waals surface area contributed by atoms with Gasteiger partial charge in [-0.05, 0) is 76.3 Å². The minimum absolute atomic E-state index is 0.0138. The lowest BCUT2D eigenvalue weighted by atomic mass is 10.0. The Labute approximate surface area is 296 Å². The van der Waals surface area contributed by atoms with Crippen molar-refractivity contribution in [3.63, 3.8) is 0 Å². The maximum atomic E-state index is 13.5. The molecule has 0 unspecified atom stereocenters. The zero-order chi connectivity index (χ0) is 35.8. The summed E-state index contributed by atoms with van der Waals surface area (Å²) in [6.07, 6.45) is -5.03. The summed E-state index contributed by atoms with van der Waals surface area (Å²) in [5.74, 6) is 0.0491. The van der Waals surface area contributed by atoms with E-state index >= 15 is 0 Å². The minimum Gasteiger partial charge on any atom is -0.508 e. The minimum atomic E-state index is -1.49. The van der Waals surface area contributed by atoms with Crippen molar-refractivity contribution < 1.29 is 47.8 Å². The molecule has 4 atom stereocenters. The Balaban J connectivity index is 1.23. The predicted octanol–water partition coefficient (Wildman–Crippen LogP) is 6.88. The molecule has 0 aliphatic rings. The summed E-state index contributed by atoms with van der Waals surface area (Å²) in [4.78, 5) is 0. The van der Waals surface area contributed by atoms with E-state index in [1.807, 2.05) is 54.6 Å². The molecule has 0 spiro atoms. The molecule has 0 radical (unpaired) electrons. The van der Waals surface area contributed by atoms with Crippen molar-refractivity contribution in [2.24, 2.45) is 0 Å². The lowest BCUT2D eigenvalue weighted by Crippen LogP contribution is -2.49. The van der Waals surface area contributed by atoms with Crippen LogP contribution in [-0.2, 0) is 52.0 Å². The van der Waals surface area contributed by atoms with Crippen molar-refractivity contribution in [1.82, 2.24) is 0 Å². The van der Waals surface area contributed by atoms with Gasteiger partial charge in [0.1, 0.15) is 54.2 Å². The Bertz CT molecular complexity index is 1700. The van der Waals surface area contributed by atoms with Crippen LogP contribution >= 0.6 is 0 Å². The topological polar surface area (TPSA) is 107 Å². The largest absolute Gasteiger partial charge is 0.508 e. The molecular formula is C41H42F2O8. The number of benzene rings is 5. The molecule has 10 heteroatoms. The molecule has 0 bridgehead atoms. The second kappa shape index (κ2) is 19.6. The molecule has 0 amide bonds. The van der Waals surface area contributed by atoms with Gasteiger partial charge in [-0.3, -0.25) is 0 Å². The fourth-order valence-corrected chi connectivity index (χ4v) is 5.10. The summed E-state index contributed by atoms with van der Waals surface area (Å²) in [5, 5.41) is 32.5. The first-order chi connectivity index (χ1) is 24.8. The van der Waals surface area contributed by atoms with Gasteiger partial charge in [0.2, 0.25) is 0 Å². The monoisotopic (exact) mass is 700 g/mol. The molecule has 0 aromatic heterocycles. The average Bonchev–Trinajstić information content (AvgIpc) is 3.16. The van der Waals surface area contributed by atoms with Crippen LogP contribution in [-0.4, -0.2) is 52.9 Å². The van der Waals surface area contributed by atoms with Crippen LogP contribution in [0.15, 0.2) is 127 Å². The van der Waals surface area contributed by atoms with Crippen LogP contribution in [0.25, 0.3) is 0 Å². The third-order valence-corrected chi connectivity index (χ3v) is 8.08. The zero-order valence-corrected chi connectivity index (χ0v) is 28.0. The Morgan fingerprint density at radius 2 is 0.843 bits per heavy atom. The van der Waals surface area contributed by atoms with Gasteiger partial charge in [-0.15, -0.1) is 0 Å². The van der Waals surface area contributed by atoms with Crippen molar-refractivity contribution in [2.45, 2.75) is 57.5 Å². The first-order valence-electron chi connectivity index (χ1n) is 16.6. The number of aliphatic hydroxyl groups is 2. The number of phenolic OH excluding ortho intramolecular Hbond substituents is 1. The second-order valence-corrected chi connectivity index (χ2v) is 12.0. The molecular weight excluding hydrogens is 658 g/mol. The molecule has 3 N–H and O–H groups in total. The Kier molecular flexibility index (Phi) is 14.5. The van der Waals surface area contributed by atoms with Crippen LogP contribution < -0.4 is 4.74 Å². The van der Waals surface area contributed by atoms with Crippen LogP contribution in [0.2, 0.25) is 0 Å². The summed E-state index contributed by atoms with van der Waals surface area (Å²) in [5.41, 5.74) is 4.02. The van der Waals surface area contributed by atoms with Gasteiger partial charge in [0.05, 0.1) is 39.6 Å². The summed E-state index contributed by atoms with van der Waals surface area (Å²) in [6, 6.07) is 35.3. The third-order valence-electron chi connectivity index (χ3n) is 8.08. The summed E-state index contributed by atoms with van der Waals surface area (Å²) < 4.78 is 56.8. The molecule has 0 saturated carbocycles. The number of ether oxygens (including phenoxy) is 5. The molecule has 0 saturated heterocycles. The number of aliphatic hydroxyl groups excluding tert-OH is 2. The molecule has 5 aromatic carbocycles. The van der Waals surface area contributed by atoms with Crippen LogP contribution in [0.4, 0.5) is 8.78 Å². The van der Waals surface area contributed by atoms with Crippen molar-refractivity contribution in [2.75, 3.05) is 13.2 Å². The van der Waals surface area contributed by atoms with Gasteiger partial charge >= 0.3 is 0 Å². The smallest absolute Gasteiger partial charge is 0.123 e. The zero-order valence-electron chi connectivity index (χ0n) is 28.0. The molecule has 8 nitrogen and oxygen atoms in total. The van der Waals surface area contributed by atoms with Gasteiger partial charge in [-0.25, -0.2) is 8.78 Å². The second-order valence-electron chi connectivity index (χ2n) is 12.0. The van der Waals surface area contributed by atoms with Gasteiger partial charge in [0, 0.05) is 0 Å². The first kappa shape index (κ1) is 37.6. The number of aromatic hydroxyl groups is 1. The Hall–Kier alpha value is -4.68. The van der Waals surface area contributed by atoms with Crippen molar-refractivity contribution in [1.29, 1.82) is 0 Å². The average molecular weight is 701 g/mol. The summed E-state index contributed by atoms with van der Waals surface area (Å²) in [6.45, 7) is 0.626. The number of hydrogen-bond acceptors (Lipinski definition) is 8. The fraction of sp³-hybridized carbons (Fsp3) is 0.268. The molecule has 0 fully saturated rings. The van der Waals surface area contributed by atoms with Gasteiger partial charge in [-0.1, -0.05) is 78.9 Å². The number of hydrogen-bond donors (Lipinski definition) is 3. The first-order valence-corrected chi connectivity index (χ1v) is 16.6. The van der Waals surface area contributed by atoms with Gasteiger partial charge in [0.15, 0.2) is 0 Å². The van der Waals surface area contributed by atoms with E-state index in [0.29, 0.717) is 23.5 Å². The summed E-state index contributed by atoms with van der Waals surface area (Å²) >= 11 is 0. The lowest BCUT2D eigenvalue weighted by Gasteiger charge is -2.32. The van der Waals surface area contributed by atoms with E-state index < -0.39 is 30.2 Å². The van der Waals surface area contributed by atoms with E-state index in [4.69, 9.17) is 23.7 Å². The number of rotatable bonds is 20. The quantitative estimate of drug-likeness (QED) is 0.0808. The molecule has 0 aliphatic heterocycles. The lowest BCUT2D eigenvalue weighted by molar-refractivity contribution is -0.170. The van der Waals surface area contributed by atoms with E-state index in [2.05, 4.69) is 0 Å². The summed E-state index contributed by atoms with van der Waals surface area (Å²) in [7, 11) is 0. The molecule has 268 valence electrons. The normalized spacial score (nSPS) is 13.7. The van der Waals surface area contributed by atoms with Crippen LogP contribution in [0.3, 0.4) is 0 Å². The van der Waals surface area contributed by atoms with Crippen molar-refractivity contribution in [3.05, 3.63) is 167 Å². The Morgan fingerprint density at radius 1 is 0.451 bits per heavy atom. The molecule has 5 rings (SSSR count). The van der Waals surface area contributed by atoms with Crippen LogP contribution in [0, 0.1) is 11.6 Å². The van der Waals surface area contributed by atoms with E-state index in [1.54, 1.807) is 36.4 Å². The van der Waals surface area contributed by atoms with Crippen LogP contribution in [0.5, 0.6) is 11.5 Å². The number of halogens is 2. The van der Waals surface area contributed by atoms with Gasteiger partial charge in [-0.2, -0.15) is 0 Å². The van der Waals surface area contributed by atoms with E-state index in [1.165, 1.54) is 36.4 Å². The molecule has 51 heavy (non-hydrogen) atoms. The Morgan fingerprint density at radius 3 is 1.31 bits per heavy atom. The molecule has 0 aliphatic carbocycles. The van der Waals surface area contributed by atoms with Gasteiger partial charge < -0.3 is 39.0 Å². The van der Waals surface area contributed by atoms with Crippen LogP contribution in [0.1, 0.15) is 27.8 Å². The van der Waals surface area contributed by atoms with E-state index in [-0.39, 0.29) is 51.2 Å².